The van der Waals surface area contributed by atoms with E-state index in [0.29, 0.717) is 10.8 Å². The molecule has 1 atom stereocenters. The normalized spacial score (nSPS) is 19.5. The van der Waals surface area contributed by atoms with Gasteiger partial charge in [0, 0.05) is 35.3 Å². The molecule has 1 heterocycles. The zero-order chi connectivity index (χ0) is 15.3. The molecule has 1 N–H and O–H groups in total. The Morgan fingerprint density at radius 2 is 1.95 bits per heavy atom. The van der Waals surface area contributed by atoms with E-state index in [1.54, 1.807) is 0 Å². The fourth-order valence-corrected chi connectivity index (χ4v) is 4.08. The van der Waals surface area contributed by atoms with Crippen LogP contribution in [0.3, 0.4) is 0 Å². The fourth-order valence-electron chi connectivity index (χ4n) is 2.97. The molecule has 0 amide bonds. The van der Waals surface area contributed by atoms with Gasteiger partial charge >= 0.3 is 0 Å². The average molecular weight is 307 g/mol. The van der Waals surface area contributed by atoms with Gasteiger partial charge in [0.05, 0.1) is 0 Å². The molecule has 0 saturated carbocycles. The molecule has 3 heteroatoms. The van der Waals surface area contributed by atoms with E-state index >= 15 is 0 Å². The Hall–Kier alpha value is -0.670. The van der Waals surface area contributed by atoms with Crippen molar-refractivity contribution in [3.63, 3.8) is 0 Å². The number of anilines is 1. The first-order valence-electron chi connectivity index (χ1n) is 8.28. The first kappa shape index (κ1) is 16.7. The Morgan fingerprint density at radius 1 is 1.24 bits per heavy atom. The lowest BCUT2D eigenvalue weighted by Gasteiger charge is -2.39. The Balaban J connectivity index is 2.04. The highest BCUT2D eigenvalue weighted by atomic mass is 32.2. The maximum absolute atomic E-state index is 3.63. The minimum atomic E-state index is 0.367. The van der Waals surface area contributed by atoms with Crippen molar-refractivity contribution in [2.24, 2.45) is 0 Å². The van der Waals surface area contributed by atoms with Gasteiger partial charge in [0.25, 0.3) is 0 Å². The van der Waals surface area contributed by atoms with E-state index in [2.05, 4.69) is 73.9 Å². The van der Waals surface area contributed by atoms with Gasteiger partial charge in [-0.25, -0.2) is 0 Å². The summed E-state index contributed by atoms with van der Waals surface area (Å²) in [7, 11) is 0. The molecule has 1 aromatic carbocycles. The predicted molar refractivity (Wildman–Crippen MR) is 96.5 cm³/mol. The Kier molecular flexibility index (Phi) is 6.00. The molecule has 118 valence electrons. The van der Waals surface area contributed by atoms with E-state index in [1.165, 1.54) is 30.0 Å². The van der Waals surface area contributed by atoms with Gasteiger partial charge in [-0.3, -0.25) is 0 Å². The molecule has 1 aromatic rings. The third-order valence-corrected chi connectivity index (χ3v) is 5.43. The Morgan fingerprint density at radius 3 is 2.52 bits per heavy atom. The molecule has 0 aromatic heterocycles. The van der Waals surface area contributed by atoms with Crippen LogP contribution in [0, 0.1) is 0 Å². The number of rotatable bonds is 6. The van der Waals surface area contributed by atoms with Gasteiger partial charge < -0.3 is 10.2 Å². The van der Waals surface area contributed by atoms with Crippen molar-refractivity contribution >= 4 is 17.4 Å². The highest BCUT2D eigenvalue weighted by Crippen LogP contribution is 2.32. The molecule has 1 unspecified atom stereocenters. The molecule has 0 spiro atoms. The van der Waals surface area contributed by atoms with Crippen molar-refractivity contribution in [3.8, 4) is 0 Å². The molecule has 2 rings (SSSR count). The van der Waals surface area contributed by atoms with Gasteiger partial charge in [-0.2, -0.15) is 11.8 Å². The van der Waals surface area contributed by atoms with Gasteiger partial charge in [-0.05, 0) is 50.9 Å². The third-order valence-electron chi connectivity index (χ3n) is 4.14. The SMILES string of the molecule is CCCNC(CC)c1ccc(N2CCSC(C)(C)C2)cc1. The maximum Gasteiger partial charge on any atom is 0.0367 e. The number of hydrogen-bond acceptors (Lipinski definition) is 3. The van der Waals surface area contributed by atoms with Crippen molar-refractivity contribution in [1.29, 1.82) is 0 Å². The summed E-state index contributed by atoms with van der Waals surface area (Å²) in [5.74, 6) is 1.23. The quantitative estimate of drug-likeness (QED) is 0.835. The van der Waals surface area contributed by atoms with Crippen LogP contribution in [0.15, 0.2) is 24.3 Å². The second kappa shape index (κ2) is 7.55. The lowest BCUT2D eigenvalue weighted by atomic mass is 10.0. The zero-order valence-electron chi connectivity index (χ0n) is 14.0. The van der Waals surface area contributed by atoms with E-state index in [9.17, 15) is 0 Å². The number of hydrogen-bond donors (Lipinski definition) is 1. The summed E-state index contributed by atoms with van der Waals surface area (Å²) >= 11 is 2.09. The smallest absolute Gasteiger partial charge is 0.0367 e. The second-order valence-electron chi connectivity index (χ2n) is 6.54. The van der Waals surface area contributed by atoms with Crippen LogP contribution >= 0.6 is 11.8 Å². The summed E-state index contributed by atoms with van der Waals surface area (Å²) in [6.45, 7) is 12.6. The van der Waals surface area contributed by atoms with Crippen molar-refractivity contribution < 1.29 is 0 Å². The van der Waals surface area contributed by atoms with Crippen molar-refractivity contribution in [2.45, 2.75) is 51.3 Å². The summed E-state index contributed by atoms with van der Waals surface area (Å²) < 4.78 is 0.367. The largest absolute Gasteiger partial charge is 0.369 e. The molecule has 0 radical (unpaired) electrons. The van der Waals surface area contributed by atoms with Crippen LogP contribution in [0.5, 0.6) is 0 Å². The molecule has 0 aliphatic carbocycles. The van der Waals surface area contributed by atoms with Crippen LogP contribution < -0.4 is 10.2 Å². The highest BCUT2D eigenvalue weighted by molar-refractivity contribution is 8.00. The standard InChI is InChI=1S/C18H30N2S/c1-5-11-19-17(6-2)15-7-9-16(10-8-15)20-12-13-21-18(3,4)14-20/h7-10,17,19H,5-6,11-14H2,1-4H3. The van der Waals surface area contributed by atoms with E-state index < -0.39 is 0 Å². The van der Waals surface area contributed by atoms with Gasteiger partial charge in [0.1, 0.15) is 0 Å². The topological polar surface area (TPSA) is 15.3 Å². The molecule has 1 fully saturated rings. The fraction of sp³-hybridized carbons (Fsp3) is 0.667. The lowest BCUT2D eigenvalue weighted by molar-refractivity contribution is 0.518. The number of thioether (sulfide) groups is 1. The van der Waals surface area contributed by atoms with Gasteiger partial charge in [0.2, 0.25) is 0 Å². The van der Waals surface area contributed by atoms with Crippen LogP contribution in [0.25, 0.3) is 0 Å². The molecule has 2 nitrogen and oxygen atoms in total. The van der Waals surface area contributed by atoms with E-state index in [1.807, 2.05) is 0 Å². The maximum atomic E-state index is 3.63. The first-order valence-corrected chi connectivity index (χ1v) is 9.26. The van der Waals surface area contributed by atoms with E-state index in [-0.39, 0.29) is 0 Å². The lowest BCUT2D eigenvalue weighted by Crippen LogP contribution is -2.43. The minimum absolute atomic E-state index is 0.367. The van der Waals surface area contributed by atoms with Crippen molar-refractivity contribution in [1.82, 2.24) is 5.32 Å². The summed E-state index contributed by atoms with van der Waals surface area (Å²) in [6.07, 6.45) is 2.34. The van der Waals surface area contributed by atoms with E-state index in [0.717, 1.165) is 19.5 Å². The van der Waals surface area contributed by atoms with Gasteiger partial charge in [-0.15, -0.1) is 0 Å². The summed E-state index contributed by atoms with van der Waals surface area (Å²) in [5, 5.41) is 3.63. The predicted octanol–water partition coefficient (Wildman–Crippen LogP) is 4.47. The van der Waals surface area contributed by atoms with Crippen LogP contribution in [0.2, 0.25) is 0 Å². The van der Waals surface area contributed by atoms with Gasteiger partial charge in [0.15, 0.2) is 0 Å². The van der Waals surface area contributed by atoms with Crippen LogP contribution in [0.4, 0.5) is 5.69 Å². The summed E-state index contributed by atoms with van der Waals surface area (Å²) in [5.41, 5.74) is 2.79. The summed E-state index contributed by atoms with van der Waals surface area (Å²) in [4.78, 5) is 2.53. The monoisotopic (exact) mass is 306 g/mol. The van der Waals surface area contributed by atoms with Crippen LogP contribution in [-0.4, -0.2) is 30.1 Å². The molecule has 1 aliphatic heterocycles. The number of nitrogens with one attached hydrogen (secondary N) is 1. The van der Waals surface area contributed by atoms with Crippen LogP contribution in [0.1, 0.15) is 52.1 Å². The van der Waals surface area contributed by atoms with E-state index in [4.69, 9.17) is 0 Å². The minimum Gasteiger partial charge on any atom is -0.369 e. The molecule has 21 heavy (non-hydrogen) atoms. The van der Waals surface area contributed by atoms with Gasteiger partial charge in [-0.1, -0.05) is 26.0 Å². The molecular formula is C18H30N2S. The first-order chi connectivity index (χ1) is 10.1. The number of nitrogens with zero attached hydrogens (tertiary/aromatic N) is 1. The van der Waals surface area contributed by atoms with Crippen molar-refractivity contribution in [2.75, 3.05) is 30.3 Å². The molecule has 0 bridgehead atoms. The molecule has 1 saturated heterocycles. The zero-order valence-corrected chi connectivity index (χ0v) is 14.8. The second-order valence-corrected chi connectivity index (χ2v) is 8.34. The highest BCUT2D eigenvalue weighted by Gasteiger charge is 2.27. The van der Waals surface area contributed by atoms with Crippen molar-refractivity contribution in [3.05, 3.63) is 29.8 Å². The average Bonchev–Trinajstić information content (AvgIpc) is 2.47. The third kappa shape index (κ3) is 4.65. The molecule has 1 aliphatic rings. The van der Waals surface area contributed by atoms with Crippen LogP contribution in [-0.2, 0) is 0 Å². The Labute approximate surface area is 134 Å². The number of benzene rings is 1. The summed E-state index contributed by atoms with van der Waals surface area (Å²) in [6, 6.07) is 9.71. The Bertz CT molecular complexity index is 427. The molecular weight excluding hydrogens is 276 g/mol.